The van der Waals surface area contributed by atoms with Crippen LogP contribution in [0, 0.1) is 0 Å². The Balaban J connectivity index is 1.83. The average molecular weight is 281 g/mol. The SMILES string of the molecule is CC1CC(Nc2nc(Cl)nc3[nH]ncc23)CCN1C. The zero-order chi connectivity index (χ0) is 13.4. The van der Waals surface area contributed by atoms with Gasteiger partial charge in [-0.05, 0) is 38.4 Å². The smallest absolute Gasteiger partial charge is 0.226 e. The molecule has 0 bridgehead atoms. The molecule has 3 heterocycles. The predicted octanol–water partition coefficient (Wildman–Crippen LogP) is 1.90. The summed E-state index contributed by atoms with van der Waals surface area (Å²) in [7, 11) is 2.16. The summed E-state index contributed by atoms with van der Waals surface area (Å²) in [6, 6.07) is 0.985. The van der Waals surface area contributed by atoms with Crippen molar-refractivity contribution in [2.24, 2.45) is 0 Å². The Morgan fingerprint density at radius 2 is 2.32 bits per heavy atom. The minimum absolute atomic E-state index is 0.236. The maximum atomic E-state index is 5.93. The highest BCUT2D eigenvalue weighted by atomic mass is 35.5. The molecule has 2 unspecified atom stereocenters. The number of fused-ring (bicyclic) bond motifs is 1. The van der Waals surface area contributed by atoms with Gasteiger partial charge >= 0.3 is 0 Å². The average Bonchev–Trinajstić information content (AvgIpc) is 2.82. The summed E-state index contributed by atoms with van der Waals surface area (Å²) in [4.78, 5) is 10.8. The molecule has 0 radical (unpaired) electrons. The van der Waals surface area contributed by atoms with E-state index in [1.54, 1.807) is 6.20 Å². The third-order valence-corrected chi connectivity index (χ3v) is 4.00. The van der Waals surface area contributed by atoms with E-state index in [4.69, 9.17) is 11.6 Å². The predicted molar refractivity (Wildman–Crippen MR) is 75.4 cm³/mol. The van der Waals surface area contributed by atoms with Gasteiger partial charge in [0.2, 0.25) is 5.28 Å². The summed E-state index contributed by atoms with van der Waals surface area (Å²) in [6.45, 7) is 3.33. The lowest BCUT2D eigenvalue weighted by molar-refractivity contribution is 0.190. The minimum atomic E-state index is 0.236. The van der Waals surface area contributed by atoms with Gasteiger partial charge < -0.3 is 10.2 Å². The zero-order valence-electron chi connectivity index (χ0n) is 11.0. The van der Waals surface area contributed by atoms with Crippen molar-refractivity contribution in [3.8, 4) is 0 Å². The monoisotopic (exact) mass is 280 g/mol. The Kier molecular flexibility index (Phi) is 3.28. The second-order valence-corrected chi connectivity index (χ2v) is 5.51. The van der Waals surface area contributed by atoms with Crippen LogP contribution >= 0.6 is 11.6 Å². The summed E-state index contributed by atoms with van der Waals surface area (Å²) in [5, 5.41) is 11.4. The Hall–Kier alpha value is -1.40. The number of piperidine rings is 1. The summed E-state index contributed by atoms with van der Waals surface area (Å²) < 4.78 is 0. The summed E-state index contributed by atoms with van der Waals surface area (Å²) in [5.41, 5.74) is 0.670. The highest BCUT2D eigenvalue weighted by molar-refractivity contribution is 6.28. The molecule has 102 valence electrons. The number of likely N-dealkylation sites (tertiary alicyclic amines) is 1. The standard InChI is InChI=1S/C12H17ClN6/c1-7-5-8(3-4-19(7)2)15-10-9-6-14-18-11(9)17-12(13)16-10/h6-8H,3-5H2,1-2H3,(H2,14,15,16,17,18). The van der Waals surface area contributed by atoms with Crippen LogP contribution in [-0.4, -0.2) is 50.7 Å². The van der Waals surface area contributed by atoms with E-state index in [2.05, 4.69) is 44.4 Å². The first-order valence-corrected chi connectivity index (χ1v) is 6.84. The van der Waals surface area contributed by atoms with Gasteiger partial charge in [-0.15, -0.1) is 0 Å². The molecule has 1 aliphatic heterocycles. The molecule has 0 aliphatic carbocycles. The summed E-state index contributed by atoms with van der Waals surface area (Å²) >= 11 is 5.93. The summed E-state index contributed by atoms with van der Waals surface area (Å²) in [6.07, 6.45) is 3.92. The number of anilines is 1. The lowest BCUT2D eigenvalue weighted by atomic mass is 9.99. The number of nitrogens with one attached hydrogen (secondary N) is 2. The van der Waals surface area contributed by atoms with E-state index in [1.807, 2.05) is 0 Å². The van der Waals surface area contributed by atoms with E-state index >= 15 is 0 Å². The second kappa shape index (κ2) is 4.94. The third kappa shape index (κ3) is 2.50. The van der Waals surface area contributed by atoms with Crippen molar-refractivity contribution >= 4 is 28.5 Å². The fourth-order valence-electron chi connectivity index (χ4n) is 2.53. The van der Waals surface area contributed by atoms with Crippen molar-refractivity contribution in [3.05, 3.63) is 11.5 Å². The molecular weight excluding hydrogens is 264 g/mol. The second-order valence-electron chi connectivity index (χ2n) is 5.17. The van der Waals surface area contributed by atoms with E-state index in [0.717, 1.165) is 30.6 Å². The van der Waals surface area contributed by atoms with Crippen LogP contribution in [0.2, 0.25) is 5.28 Å². The van der Waals surface area contributed by atoms with Crippen LogP contribution in [0.25, 0.3) is 11.0 Å². The quantitative estimate of drug-likeness (QED) is 0.822. The van der Waals surface area contributed by atoms with Gasteiger partial charge in [0.1, 0.15) is 5.82 Å². The van der Waals surface area contributed by atoms with E-state index in [0.29, 0.717) is 17.7 Å². The highest BCUT2D eigenvalue weighted by Crippen LogP contribution is 2.24. The normalized spacial score (nSPS) is 24.8. The lowest BCUT2D eigenvalue weighted by Crippen LogP contribution is -2.42. The largest absolute Gasteiger partial charge is 0.366 e. The molecule has 1 fully saturated rings. The number of nitrogens with zero attached hydrogens (tertiary/aromatic N) is 4. The first-order chi connectivity index (χ1) is 9.13. The van der Waals surface area contributed by atoms with Crippen LogP contribution in [0.4, 0.5) is 5.82 Å². The van der Waals surface area contributed by atoms with Gasteiger partial charge in [0.25, 0.3) is 0 Å². The maximum absolute atomic E-state index is 5.93. The Morgan fingerprint density at radius 1 is 1.47 bits per heavy atom. The van der Waals surface area contributed by atoms with Crippen molar-refractivity contribution < 1.29 is 0 Å². The van der Waals surface area contributed by atoms with E-state index < -0.39 is 0 Å². The lowest BCUT2D eigenvalue weighted by Gasteiger charge is -2.35. The number of halogens is 1. The van der Waals surface area contributed by atoms with Crippen molar-refractivity contribution in [1.29, 1.82) is 0 Å². The molecule has 0 saturated carbocycles. The van der Waals surface area contributed by atoms with Gasteiger partial charge in [-0.25, -0.2) is 0 Å². The van der Waals surface area contributed by atoms with Crippen LogP contribution < -0.4 is 5.32 Å². The molecule has 2 N–H and O–H groups in total. The maximum Gasteiger partial charge on any atom is 0.226 e. The van der Waals surface area contributed by atoms with Crippen LogP contribution in [0.5, 0.6) is 0 Å². The molecule has 0 spiro atoms. The van der Waals surface area contributed by atoms with Crippen LogP contribution in [0.15, 0.2) is 6.20 Å². The number of aromatic amines is 1. The van der Waals surface area contributed by atoms with Crippen LogP contribution in [-0.2, 0) is 0 Å². The number of aromatic nitrogens is 4. The number of hydrogen-bond acceptors (Lipinski definition) is 5. The van der Waals surface area contributed by atoms with Gasteiger partial charge in [0.05, 0.1) is 11.6 Å². The zero-order valence-corrected chi connectivity index (χ0v) is 11.8. The molecule has 0 amide bonds. The van der Waals surface area contributed by atoms with Gasteiger partial charge in [-0.2, -0.15) is 15.1 Å². The molecule has 19 heavy (non-hydrogen) atoms. The van der Waals surface area contributed by atoms with Crippen molar-refractivity contribution in [1.82, 2.24) is 25.1 Å². The summed E-state index contributed by atoms with van der Waals surface area (Å²) in [5.74, 6) is 0.769. The first kappa shape index (κ1) is 12.6. The molecule has 3 rings (SSSR count). The molecule has 1 saturated heterocycles. The Labute approximate surface area is 116 Å². The van der Waals surface area contributed by atoms with Gasteiger partial charge in [-0.3, -0.25) is 5.10 Å². The molecule has 2 aromatic rings. The molecule has 2 aromatic heterocycles. The van der Waals surface area contributed by atoms with Crippen molar-refractivity contribution in [3.63, 3.8) is 0 Å². The molecule has 0 aromatic carbocycles. The minimum Gasteiger partial charge on any atom is -0.366 e. The Morgan fingerprint density at radius 3 is 3.11 bits per heavy atom. The molecule has 6 nitrogen and oxygen atoms in total. The van der Waals surface area contributed by atoms with Gasteiger partial charge in [0.15, 0.2) is 5.65 Å². The fourth-order valence-corrected chi connectivity index (χ4v) is 2.70. The third-order valence-electron chi connectivity index (χ3n) is 3.83. The molecule has 7 heteroatoms. The van der Waals surface area contributed by atoms with E-state index in [1.165, 1.54) is 0 Å². The van der Waals surface area contributed by atoms with E-state index in [9.17, 15) is 0 Å². The first-order valence-electron chi connectivity index (χ1n) is 6.47. The topological polar surface area (TPSA) is 69.7 Å². The van der Waals surface area contributed by atoms with Crippen molar-refractivity contribution in [2.75, 3.05) is 18.9 Å². The molecule has 2 atom stereocenters. The number of H-pyrrole nitrogens is 1. The Bertz CT molecular complexity index is 583. The van der Waals surface area contributed by atoms with Crippen LogP contribution in [0.1, 0.15) is 19.8 Å². The van der Waals surface area contributed by atoms with Crippen molar-refractivity contribution in [2.45, 2.75) is 31.8 Å². The van der Waals surface area contributed by atoms with Crippen LogP contribution in [0.3, 0.4) is 0 Å². The highest BCUT2D eigenvalue weighted by Gasteiger charge is 2.23. The van der Waals surface area contributed by atoms with Gasteiger partial charge in [-0.1, -0.05) is 0 Å². The van der Waals surface area contributed by atoms with Gasteiger partial charge in [0, 0.05) is 18.6 Å². The number of rotatable bonds is 2. The van der Waals surface area contributed by atoms with E-state index in [-0.39, 0.29) is 5.28 Å². The molecular formula is C12H17ClN6. The fraction of sp³-hybridized carbons (Fsp3) is 0.583. The number of hydrogen-bond donors (Lipinski definition) is 2. The molecule has 1 aliphatic rings.